The molecule has 0 atom stereocenters. The van der Waals surface area contributed by atoms with Gasteiger partial charge in [-0.25, -0.2) is 8.78 Å². The second-order valence-corrected chi connectivity index (χ2v) is 4.22. The van der Waals surface area contributed by atoms with E-state index in [1.807, 2.05) is 0 Å². The predicted octanol–water partition coefficient (Wildman–Crippen LogP) is 2.22. The van der Waals surface area contributed by atoms with Gasteiger partial charge in [0.15, 0.2) is 0 Å². The number of halogens is 2. The maximum atomic E-state index is 13.1. The average Bonchev–Trinajstić information content (AvgIpc) is 2.09. The molecule has 1 rings (SSSR count). The van der Waals surface area contributed by atoms with Gasteiger partial charge in [0.25, 0.3) is 0 Å². The molecule has 0 saturated carbocycles. The first-order valence-electron chi connectivity index (χ1n) is 4.69. The fourth-order valence-corrected chi connectivity index (χ4v) is 1.08. The van der Waals surface area contributed by atoms with E-state index in [1.54, 1.807) is 13.8 Å². The monoisotopic (exact) mass is 215 g/mol. The second-order valence-electron chi connectivity index (χ2n) is 4.22. The summed E-state index contributed by atoms with van der Waals surface area (Å²) in [5.74, 6) is -0.937. The van der Waals surface area contributed by atoms with E-state index in [4.69, 9.17) is 10.5 Å². The summed E-state index contributed by atoms with van der Waals surface area (Å²) in [6, 6.07) is 3.28. The van der Waals surface area contributed by atoms with Gasteiger partial charge in [-0.1, -0.05) is 0 Å². The Bertz CT molecular complexity index is 334. The van der Waals surface area contributed by atoms with Crippen molar-refractivity contribution in [1.29, 1.82) is 0 Å². The number of benzene rings is 1. The van der Waals surface area contributed by atoms with Crippen molar-refractivity contribution in [2.45, 2.75) is 26.0 Å². The quantitative estimate of drug-likeness (QED) is 0.835. The Labute approximate surface area is 88.0 Å². The first-order valence-corrected chi connectivity index (χ1v) is 4.69. The van der Waals surface area contributed by atoms with E-state index in [2.05, 4.69) is 0 Å². The van der Waals surface area contributed by atoms with Gasteiger partial charge < -0.3 is 10.5 Å². The maximum Gasteiger partial charge on any atom is 0.128 e. The molecule has 0 heterocycles. The van der Waals surface area contributed by atoms with Crippen LogP contribution in [0.2, 0.25) is 0 Å². The van der Waals surface area contributed by atoms with Crippen LogP contribution in [-0.2, 0) is 11.3 Å². The van der Waals surface area contributed by atoms with Crippen LogP contribution in [-0.4, -0.2) is 12.1 Å². The van der Waals surface area contributed by atoms with Crippen LogP contribution in [0.3, 0.4) is 0 Å². The molecule has 15 heavy (non-hydrogen) atoms. The Balaban J connectivity index is 2.54. The molecule has 0 aliphatic rings. The lowest BCUT2D eigenvalue weighted by atomic mass is 10.1. The zero-order chi connectivity index (χ0) is 11.5. The minimum atomic E-state index is -0.470. The van der Waals surface area contributed by atoms with E-state index in [0.29, 0.717) is 6.61 Å². The molecular weight excluding hydrogens is 200 g/mol. The molecule has 0 saturated heterocycles. The van der Waals surface area contributed by atoms with Crippen molar-refractivity contribution in [3.05, 3.63) is 35.4 Å². The van der Waals surface area contributed by atoms with Crippen molar-refractivity contribution < 1.29 is 13.5 Å². The van der Waals surface area contributed by atoms with Crippen molar-refractivity contribution in [1.82, 2.24) is 0 Å². The zero-order valence-corrected chi connectivity index (χ0v) is 8.89. The van der Waals surface area contributed by atoms with Crippen molar-refractivity contribution in [2.75, 3.05) is 6.61 Å². The summed E-state index contributed by atoms with van der Waals surface area (Å²) in [5.41, 5.74) is 5.41. The van der Waals surface area contributed by atoms with Gasteiger partial charge in [-0.05, 0) is 32.0 Å². The Hall–Kier alpha value is -1.00. The van der Waals surface area contributed by atoms with Crippen LogP contribution < -0.4 is 5.73 Å². The smallest absolute Gasteiger partial charge is 0.128 e. The normalized spacial score (nSPS) is 11.8. The second kappa shape index (κ2) is 4.68. The van der Waals surface area contributed by atoms with E-state index >= 15 is 0 Å². The van der Waals surface area contributed by atoms with Gasteiger partial charge in [-0.15, -0.1) is 0 Å². The molecule has 0 spiro atoms. The van der Waals surface area contributed by atoms with Gasteiger partial charge in [-0.2, -0.15) is 0 Å². The van der Waals surface area contributed by atoms with Crippen molar-refractivity contribution >= 4 is 0 Å². The van der Waals surface area contributed by atoms with Crippen molar-refractivity contribution in [2.24, 2.45) is 5.73 Å². The lowest BCUT2D eigenvalue weighted by Gasteiger charge is -2.18. The number of rotatable bonds is 4. The van der Waals surface area contributed by atoms with Crippen LogP contribution in [0.4, 0.5) is 8.78 Å². The van der Waals surface area contributed by atoms with Gasteiger partial charge >= 0.3 is 0 Å². The Kier molecular flexibility index (Phi) is 3.77. The number of hydrogen-bond acceptors (Lipinski definition) is 2. The lowest BCUT2D eigenvalue weighted by molar-refractivity contribution is 0.0830. The van der Waals surface area contributed by atoms with E-state index < -0.39 is 17.2 Å². The summed E-state index contributed by atoms with van der Waals surface area (Å²) in [6.45, 7) is 3.93. The van der Waals surface area contributed by atoms with Crippen LogP contribution in [0.5, 0.6) is 0 Å². The summed E-state index contributed by atoms with van der Waals surface area (Å²) in [4.78, 5) is 0. The molecule has 0 bridgehead atoms. The largest absolute Gasteiger partial charge is 0.375 e. The molecule has 1 aromatic carbocycles. The number of nitrogens with two attached hydrogens (primary N) is 1. The highest BCUT2D eigenvalue weighted by atomic mass is 19.1. The van der Waals surface area contributed by atoms with Gasteiger partial charge in [-0.3, -0.25) is 0 Å². The molecule has 0 aliphatic heterocycles. The molecule has 84 valence electrons. The van der Waals surface area contributed by atoms with E-state index in [0.717, 1.165) is 18.2 Å². The third-order valence-corrected chi connectivity index (χ3v) is 1.74. The van der Waals surface area contributed by atoms with Gasteiger partial charge in [0.1, 0.15) is 11.6 Å². The SMILES string of the molecule is CC(C)(N)COCc1cc(F)ccc1F. The molecule has 4 heteroatoms. The highest BCUT2D eigenvalue weighted by Crippen LogP contribution is 2.11. The predicted molar refractivity (Wildman–Crippen MR) is 54.3 cm³/mol. The third kappa shape index (κ3) is 4.36. The Morgan fingerprint density at radius 3 is 2.60 bits per heavy atom. The summed E-state index contributed by atoms with van der Waals surface area (Å²) in [6.07, 6.45) is 0. The standard InChI is InChI=1S/C11H15F2NO/c1-11(2,14)7-15-6-8-5-9(12)3-4-10(8)13/h3-5H,6-7,14H2,1-2H3. The third-order valence-electron chi connectivity index (χ3n) is 1.74. The molecule has 0 aliphatic carbocycles. The van der Waals surface area contributed by atoms with Gasteiger partial charge in [0.2, 0.25) is 0 Å². The highest BCUT2D eigenvalue weighted by molar-refractivity contribution is 5.17. The molecule has 2 N–H and O–H groups in total. The minimum absolute atomic E-state index is 0.0320. The van der Waals surface area contributed by atoms with Crippen LogP contribution >= 0.6 is 0 Å². The molecular formula is C11H15F2NO. The van der Waals surface area contributed by atoms with Crippen molar-refractivity contribution in [3.8, 4) is 0 Å². The van der Waals surface area contributed by atoms with E-state index in [9.17, 15) is 8.78 Å². The Morgan fingerprint density at radius 1 is 1.33 bits per heavy atom. The highest BCUT2D eigenvalue weighted by Gasteiger charge is 2.11. The molecule has 1 aromatic rings. The van der Waals surface area contributed by atoms with Crippen LogP contribution in [0.15, 0.2) is 18.2 Å². The molecule has 0 unspecified atom stereocenters. The maximum absolute atomic E-state index is 13.1. The average molecular weight is 215 g/mol. The summed E-state index contributed by atoms with van der Waals surface area (Å²) < 4.78 is 31.1. The van der Waals surface area contributed by atoms with Crippen LogP contribution in [0, 0.1) is 11.6 Å². The van der Waals surface area contributed by atoms with E-state index in [1.165, 1.54) is 0 Å². The first-order chi connectivity index (χ1) is 6.88. The van der Waals surface area contributed by atoms with Gasteiger partial charge in [0, 0.05) is 11.1 Å². The van der Waals surface area contributed by atoms with Crippen LogP contribution in [0.25, 0.3) is 0 Å². The minimum Gasteiger partial charge on any atom is -0.375 e. The fourth-order valence-electron chi connectivity index (χ4n) is 1.08. The van der Waals surface area contributed by atoms with Gasteiger partial charge in [0.05, 0.1) is 13.2 Å². The molecule has 2 nitrogen and oxygen atoms in total. The Morgan fingerprint density at radius 2 is 2.00 bits per heavy atom. The fraction of sp³-hybridized carbons (Fsp3) is 0.455. The summed E-state index contributed by atoms with van der Waals surface area (Å²) >= 11 is 0. The molecule has 0 fully saturated rings. The van der Waals surface area contributed by atoms with E-state index in [-0.39, 0.29) is 12.2 Å². The number of ether oxygens (including phenoxy) is 1. The molecule has 0 radical (unpaired) electrons. The number of hydrogen-bond donors (Lipinski definition) is 1. The molecule has 0 amide bonds. The summed E-state index contributed by atoms with van der Waals surface area (Å²) in [7, 11) is 0. The zero-order valence-electron chi connectivity index (χ0n) is 8.89. The van der Waals surface area contributed by atoms with Crippen LogP contribution in [0.1, 0.15) is 19.4 Å². The molecule has 0 aromatic heterocycles. The lowest BCUT2D eigenvalue weighted by Crippen LogP contribution is -2.37. The van der Waals surface area contributed by atoms with Crippen molar-refractivity contribution in [3.63, 3.8) is 0 Å². The topological polar surface area (TPSA) is 35.2 Å². The summed E-state index contributed by atoms with van der Waals surface area (Å²) in [5, 5.41) is 0. The first kappa shape index (κ1) is 12.1.